The minimum Gasteiger partial charge on any atom is -0.324 e. The van der Waals surface area contributed by atoms with Crippen LogP contribution in [0.1, 0.15) is 21.9 Å². The summed E-state index contributed by atoms with van der Waals surface area (Å²) in [4.78, 5) is 58.8. The van der Waals surface area contributed by atoms with Crippen LogP contribution in [0.25, 0.3) is 0 Å². The molecule has 0 aliphatic carbocycles. The van der Waals surface area contributed by atoms with Gasteiger partial charge in [0.05, 0.1) is 27.9 Å². The van der Waals surface area contributed by atoms with E-state index in [4.69, 9.17) is 0 Å². The van der Waals surface area contributed by atoms with Gasteiger partial charge in [-0.15, -0.1) is 0 Å². The van der Waals surface area contributed by atoms with Gasteiger partial charge in [-0.05, 0) is 35.9 Å². The van der Waals surface area contributed by atoms with Crippen molar-refractivity contribution in [1.29, 1.82) is 0 Å². The molecule has 2 aliphatic heterocycles. The van der Waals surface area contributed by atoms with Crippen molar-refractivity contribution in [3.8, 4) is 0 Å². The lowest BCUT2D eigenvalue weighted by Crippen LogP contribution is -2.33. The second-order valence-corrected chi connectivity index (χ2v) is 11.5. The van der Waals surface area contributed by atoms with Gasteiger partial charge in [-0.2, -0.15) is 13.2 Å². The van der Waals surface area contributed by atoms with Gasteiger partial charge in [0.1, 0.15) is 11.8 Å². The minimum atomic E-state index is -4.69. The Morgan fingerprint density at radius 2 is 1.68 bits per heavy atom. The lowest BCUT2D eigenvalue weighted by Gasteiger charge is -2.30. The number of aromatic nitrogens is 2. The number of hydrogen-bond donors (Lipinski definition) is 1. The van der Waals surface area contributed by atoms with Gasteiger partial charge in [-0.25, -0.2) is 4.90 Å². The van der Waals surface area contributed by atoms with Gasteiger partial charge < -0.3 is 5.32 Å². The molecule has 1 N–H and O–H groups in total. The van der Waals surface area contributed by atoms with Crippen molar-refractivity contribution in [1.82, 2.24) is 9.55 Å². The van der Waals surface area contributed by atoms with Crippen LogP contribution >= 0.6 is 23.1 Å². The number of hydrogen-bond acceptors (Lipinski definition) is 7. The largest absolute Gasteiger partial charge is 0.418 e. The van der Waals surface area contributed by atoms with E-state index in [1.165, 1.54) is 12.1 Å². The Bertz CT molecular complexity index is 1720. The Hall–Kier alpha value is -4.23. The molecule has 3 amide bonds. The van der Waals surface area contributed by atoms with Gasteiger partial charge in [0.15, 0.2) is 0 Å². The molecule has 1 saturated heterocycles. The standard InChI is InChI=1S/C28H19F3N4O4S2/c29-28(30,31)17-10-4-5-11-18(17)33-19(36)14-34-26-23(41-27(34)39)20(15-7-6-12-32-13-15)21-22(40-26)25(38)35(24(21)37)16-8-2-1-3-9-16/h1-13,20-22H,14H2,(H,33,36)/t20-,21-,22+/m0/s1. The highest BCUT2D eigenvalue weighted by atomic mass is 32.2. The van der Waals surface area contributed by atoms with Gasteiger partial charge in [0.2, 0.25) is 17.7 Å². The number of nitrogens with zero attached hydrogens (tertiary/aromatic N) is 3. The molecule has 6 rings (SSSR count). The molecule has 2 aliphatic rings. The Labute approximate surface area is 238 Å². The number of imide groups is 1. The van der Waals surface area contributed by atoms with Gasteiger partial charge in [0, 0.05) is 23.2 Å². The zero-order chi connectivity index (χ0) is 28.9. The fourth-order valence-electron chi connectivity index (χ4n) is 5.18. The number of amides is 3. The highest BCUT2D eigenvalue weighted by Crippen LogP contribution is 2.53. The normalized spacial score (nSPS) is 20.1. The van der Waals surface area contributed by atoms with E-state index in [0.717, 1.165) is 44.7 Å². The van der Waals surface area contributed by atoms with Crippen molar-refractivity contribution >= 4 is 52.2 Å². The number of nitrogens with one attached hydrogen (secondary N) is 1. The third-order valence-corrected chi connectivity index (χ3v) is 9.52. The zero-order valence-corrected chi connectivity index (χ0v) is 22.5. The van der Waals surface area contributed by atoms with Crippen LogP contribution in [-0.2, 0) is 27.1 Å². The number of benzene rings is 2. The molecular formula is C28H19F3N4O4S2. The minimum absolute atomic E-state index is 0.324. The molecule has 0 radical (unpaired) electrons. The van der Waals surface area contributed by atoms with Crippen LogP contribution in [0.2, 0.25) is 0 Å². The Morgan fingerprint density at radius 3 is 2.39 bits per heavy atom. The van der Waals surface area contributed by atoms with Crippen molar-refractivity contribution in [2.24, 2.45) is 5.92 Å². The Morgan fingerprint density at radius 1 is 0.951 bits per heavy atom. The predicted molar refractivity (Wildman–Crippen MR) is 147 cm³/mol. The van der Waals surface area contributed by atoms with Gasteiger partial charge in [0.25, 0.3) is 0 Å². The number of alkyl halides is 3. The molecule has 208 valence electrons. The van der Waals surface area contributed by atoms with Gasteiger partial charge in [-0.3, -0.25) is 28.7 Å². The second-order valence-electron chi connectivity index (χ2n) is 9.39. The quantitative estimate of drug-likeness (QED) is 0.334. The van der Waals surface area contributed by atoms with Crippen molar-refractivity contribution in [2.45, 2.75) is 28.9 Å². The van der Waals surface area contributed by atoms with E-state index >= 15 is 0 Å². The number of thioether (sulfide) groups is 1. The zero-order valence-electron chi connectivity index (χ0n) is 20.9. The summed E-state index contributed by atoms with van der Waals surface area (Å²) in [7, 11) is 0. The lowest BCUT2D eigenvalue weighted by atomic mass is 9.84. The highest BCUT2D eigenvalue weighted by Gasteiger charge is 2.56. The lowest BCUT2D eigenvalue weighted by molar-refractivity contribution is -0.137. The van der Waals surface area contributed by atoms with E-state index in [2.05, 4.69) is 10.3 Å². The summed E-state index contributed by atoms with van der Waals surface area (Å²) in [6.45, 7) is -0.578. The first-order valence-electron chi connectivity index (χ1n) is 12.3. The summed E-state index contributed by atoms with van der Waals surface area (Å²) < 4.78 is 41.5. The first-order chi connectivity index (χ1) is 19.6. The smallest absolute Gasteiger partial charge is 0.324 e. The molecule has 0 saturated carbocycles. The topological polar surface area (TPSA) is 101 Å². The molecule has 1 fully saturated rings. The molecule has 4 heterocycles. The number of halogens is 3. The number of anilines is 2. The summed E-state index contributed by atoms with van der Waals surface area (Å²) in [5.74, 6) is -3.23. The molecular weight excluding hydrogens is 577 g/mol. The third-order valence-electron chi connectivity index (χ3n) is 6.92. The molecule has 13 heteroatoms. The second kappa shape index (κ2) is 10.3. The van der Waals surface area contributed by atoms with E-state index in [0.29, 0.717) is 21.2 Å². The molecule has 8 nitrogen and oxygen atoms in total. The van der Waals surface area contributed by atoms with Crippen LogP contribution in [0, 0.1) is 5.92 Å². The van der Waals surface area contributed by atoms with Crippen LogP contribution in [0.3, 0.4) is 0 Å². The van der Waals surface area contributed by atoms with Crippen molar-refractivity contribution < 1.29 is 27.6 Å². The Balaban J connectivity index is 1.39. The molecule has 0 unspecified atom stereocenters. The number of para-hydroxylation sites is 2. The number of pyridine rings is 1. The molecule has 41 heavy (non-hydrogen) atoms. The molecule has 0 bridgehead atoms. The molecule has 4 aromatic rings. The highest BCUT2D eigenvalue weighted by molar-refractivity contribution is 8.00. The van der Waals surface area contributed by atoms with Crippen LogP contribution in [0.5, 0.6) is 0 Å². The monoisotopic (exact) mass is 596 g/mol. The SMILES string of the molecule is O=C(Cn1c2c(sc1=O)[C@@H](c1cccnc1)[C@@H]1C(=O)N(c3ccccc3)C(=O)[C@@H]1S2)Nc1ccccc1C(F)(F)F. The first kappa shape index (κ1) is 27.0. The van der Waals surface area contributed by atoms with Crippen molar-refractivity contribution in [3.63, 3.8) is 0 Å². The van der Waals surface area contributed by atoms with E-state index in [-0.39, 0.29) is 0 Å². The van der Waals surface area contributed by atoms with Crippen LogP contribution in [-0.4, -0.2) is 32.5 Å². The van der Waals surface area contributed by atoms with Gasteiger partial charge in [-0.1, -0.05) is 59.5 Å². The summed E-state index contributed by atoms with van der Waals surface area (Å²) in [6.07, 6.45) is -1.56. The Kier molecular flexibility index (Phi) is 6.78. The molecule has 2 aromatic carbocycles. The fourth-order valence-corrected chi connectivity index (χ4v) is 7.95. The van der Waals surface area contributed by atoms with Crippen LogP contribution < -0.4 is 15.1 Å². The summed E-state index contributed by atoms with van der Waals surface area (Å²) in [5.41, 5.74) is -0.404. The molecule has 0 spiro atoms. The first-order valence-corrected chi connectivity index (χ1v) is 14.0. The fraction of sp³-hybridized carbons (Fsp3) is 0.179. The van der Waals surface area contributed by atoms with Crippen LogP contribution in [0.15, 0.2) is 88.9 Å². The van der Waals surface area contributed by atoms with E-state index < -0.39 is 63.7 Å². The molecule has 3 atom stereocenters. The van der Waals surface area contributed by atoms with Gasteiger partial charge >= 0.3 is 11.0 Å². The number of thiazole rings is 1. The van der Waals surface area contributed by atoms with Crippen molar-refractivity contribution in [3.05, 3.63) is 105 Å². The predicted octanol–water partition coefficient (Wildman–Crippen LogP) is 4.76. The maximum atomic E-state index is 13.8. The summed E-state index contributed by atoms with van der Waals surface area (Å²) >= 11 is 1.86. The number of carbonyl (C=O) groups excluding carboxylic acids is 3. The number of fused-ring (bicyclic) bond motifs is 2. The number of carbonyl (C=O) groups is 3. The van der Waals surface area contributed by atoms with E-state index in [9.17, 15) is 32.3 Å². The average Bonchev–Trinajstić information content (AvgIpc) is 3.39. The third kappa shape index (κ3) is 4.74. The van der Waals surface area contributed by atoms with Crippen LogP contribution in [0.4, 0.5) is 24.5 Å². The van der Waals surface area contributed by atoms with E-state index in [1.54, 1.807) is 54.9 Å². The maximum Gasteiger partial charge on any atom is 0.418 e. The average molecular weight is 597 g/mol. The molecule has 2 aromatic heterocycles. The number of rotatable bonds is 5. The summed E-state index contributed by atoms with van der Waals surface area (Å²) in [6, 6.07) is 16.5. The summed E-state index contributed by atoms with van der Waals surface area (Å²) in [5, 5.41) is 1.69. The van der Waals surface area contributed by atoms with Crippen molar-refractivity contribution in [2.75, 3.05) is 10.2 Å². The van der Waals surface area contributed by atoms with E-state index in [1.807, 2.05) is 0 Å². The maximum absolute atomic E-state index is 13.8.